The molecule has 5 atom stereocenters. The highest BCUT2D eigenvalue weighted by atomic mass is 16.7. The fourth-order valence-corrected chi connectivity index (χ4v) is 2.41. The van der Waals surface area contributed by atoms with Crippen molar-refractivity contribution >= 4 is 16.9 Å². The van der Waals surface area contributed by atoms with E-state index in [0.717, 1.165) is 0 Å². The van der Waals surface area contributed by atoms with Crippen LogP contribution in [0.5, 0.6) is 5.75 Å². The van der Waals surface area contributed by atoms with Crippen LogP contribution in [-0.2, 0) is 9.53 Å². The van der Waals surface area contributed by atoms with E-state index in [9.17, 15) is 24.9 Å². The highest BCUT2D eigenvalue weighted by Gasteiger charge is 2.48. The molecule has 0 bridgehead atoms. The second kappa shape index (κ2) is 6.21. The quantitative estimate of drug-likeness (QED) is 0.521. The molecule has 1 saturated heterocycles. The van der Waals surface area contributed by atoms with E-state index in [2.05, 4.69) is 0 Å². The Morgan fingerprint density at radius 3 is 2.50 bits per heavy atom. The summed E-state index contributed by atoms with van der Waals surface area (Å²) in [5.74, 6) is -1.31. The average Bonchev–Trinajstić information content (AvgIpc) is 2.55. The van der Waals surface area contributed by atoms with Gasteiger partial charge in [0.25, 0.3) is 0 Å². The number of carbonyl (C=O) groups is 1. The zero-order valence-corrected chi connectivity index (χ0v) is 12.1. The fraction of sp³-hybridized carbons (Fsp3) is 0.333. The van der Waals surface area contributed by atoms with Crippen molar-refractivity contribution in [1.29, 1.82) is 0 Å². The second-order valence-corrected chi connectivity index (χ2v) is 5.31. The van der Waals surface area contributed by atoms with Crippen molar-refractivity contribution in [2.75, 3.05) is 0 Å². The van der Waals surface area contributed by atoms with Gasteiger partial charge >= 0.3 is 11.6 Å². The summed E-state index contributed by atoms with van der Waals surface area (Å²) in [6.07, 6.45) is -8.43. The molecular weight excluding hydrogens is 324 g/mol. The maximum Gasteiger partial charge on any atom is 0.336 e. The molecular formula is C15H14O9. The van der Waals surface area contributed by atoms with Gasteiger partial charge in [-0.25, -0.2) is 9.59 Å². The Morgan fingerprint density at radius 1 is 1.04 bits per heavy atom. The Kier molecular flexibility index (Phi) is 4.24. The van der Waals surface area contributed by atoms with Crippen molar-refractivity contribution in [3.05, 3.63) is 40.8 Å². The van der Waals surface area contributed by atoms with E-state index in [1.807, 2.05) is 0 Å². The molecule has 0 unspecified atom stereocenters. The number of benzene rings is 1. The van der Waals surface area contributed by atoms with Gasteiger partial charge in [0.1, 0.15) is 29.6 Å². The van der Waals surface area contributed by atoms with Crippen molar-refractivity contribution < 1.29 is 39.1 Å². The van der Waals surface area contributed by atoms with E-state index in [4.69, 9.17) is 19.0 Å². The minimum Gasteiger partial charge on any atom is -0.479 e. The number of carboxylic acids is 1. The number of hydrogen-bond donors (Lipinski definition) is 4. The summed E-state index contributed by atoms with van der Waals surface area (Å²) < 4.78 is 15.4. The topological polar surface area (TPSA) is 147 Å². The van der Waals surface area contributed by atoms with Gasteiger partial charge in [-0.15, -0.1) is 0 Å². The summed E-state index contributed by atoms with van der Waals surface area (Å²) in [6.45, 7) is 0. The van der Waals surface area contributed by atoms with Gasteiger partial charge in [0.15, 0.2) is 6.10 Å². The monoisotopic (exact) mass is 338 g/mol. The van der Waals surface area contributed by atoms with E-state index >= 15 is 0 Å². The molecule has 0 spiro atoms. The van der Waals surface area contributed by atoms with Gasteiger partial charge < -0.3 is 34.3 Å². The van der Waals surface area contributed by atoms with Gasteiger partial charge in [0.05, 0.1) is 0 Å². The SMILES string of the molecule is O=C(O)[C@H]1O[C@@H](Oc2ccc3oc(=O)ccc3c2)[C@H](O)[C@@H](O)[C@@H]1O. The zero-order valence-electron chi connectivity index (χ0n) is 12.1. The number of aliphatic hydroxyl groups excluding tert-OH is 3. The van der Waals surface area contributed by atoms with Gasteiger partial charge in [0, 0.05) is 11.5 Å². The first-order valence-electron chi connectivity index (χ1n) is 7.00. The lowest BCUT2D eigenvalue weighted by molar-refractivity contribution is -0.271. The van der Waals surface area contributed by atoms with Gasteiger partial charge in [-0.3, -0.25) is 0 Å². The van der Waals surface area contributed by atoms with Crippen LogP contribution < -0.4 is 10.4 Å². The lowest BCUT2D eigenvalue weighted by Gasteiger charge is -2.38. The van der Waals surface area contributed by atoms with Crippen LogP contribution in [0.1, 0.15) is 0 Å². The largest absolute Gasteiger partial charge is 0.479 e. The maximum absolute atomic E-state index is 11.1. The minimum absolute atomic E-state index is 0.188. The van der Waals surface area contributed by atoms with Crippen LogP contribution in [0, 0.1) is 0 Å². The molecule has 128 valence electrons. The van der Waals surface area contributed by atoms with Crippen LogP contribution in [0.15, 0.2) is 39.5 Å². The van der Waals surface area contributed by atoms with E-state index < -0.39 is 42.3 Å². The summed E-state index contributed by atoms with van der Waals surface area (Å²) >= 11 is 0. The summed E-state index contributed by atoms with van der Waals surface area (Å²) in [5, 5.41) is 38.8. The third-order valence-electron chi connectivity index (χ3n) is 3.66. The molecule has 9 heteroatoms. The summed E-state index contributed by atoms with van der Waals surface area (Å²) in [7, 11) is 0. The number of carboxylic acid groups (broad SMARTS) is 1. The molecule has 24 heavy (non-hydrogen) atoms. The third-order valence-corrected chi connectivity index (χ3v) is 3.66. The van der Waals surface area contributed by atoms with Crippen molar-refractivity contribution in [2.45, 2.75) is 30.7 Å². The molecule has 3 rings (SSSR count). The van der Waals surface area contributed by atoms with Crippen LogP contribution in [0.4, 0.5) is 0 Å². The van der Waals surface area contributed by atoms with E-state index in [1.165, 1.54) is 30.3 Å². The summed E-state index contributed by atoms with van der Waals surface area (Å²) in [5.41, 5.74) is -0.192. The van der Waals surface area contributed by atoms with Crippen molar-refractivity contribution in [3.8, 4) is 5.75 Å². The normalized spacial score (nSPS) is 30.2. The van der Waals surface area contributed by atoms with Gasteiger partial charge in [-0.05, 0) is 24.3 Å². The molecule has 1 aromatic heterocycles. The Balaban J connectivity index is 1.85. The lowest BCUT2D eigenvalue weighted by Crippen LogP contribution is -2.61. The van der Waals surface area contributed by atoms with E-state index in [0.29, 0.717) is 11.0 Å². The first kappa shape index (κ1) is 16.4. The van der Waals surface area contributed by atoms with Crippen molar-refractivity contribution in [1.82, 2.24) is 0 Å². The van der Waals surface area contributed by atoms with Crippen molar-refractivity contribution in [3.63, 3.8) is 0 Å². The van der Waals surface area contributed by atoms with Crippen LogP contribution in [0.25, 0.3) is 11.0 Å². The number of rotatable bonds is 3. The Labute approximate surface area is 134 Å². The number of aliphatic carboxylic acids is 1. The van der Waals surface area contributed by atoms with Crippen LogP contribution in [0.2, 0.25) is 0 Å². The molecule has 0 radical (unpaired) electrons. The van der Waals surface area contributed by atoms with Crippen LogP contribution >= 0.6 is 0 Å². The first-order chi connectivity index (χ1) is 11.4. The Bertz CT molecular complexity index is 814. The third kappa shape index (κ3) is 2.97. The minimum atomic E-state index is -1.79. The van der Waals surface area contributed by atoms with Gasteiger partial charge in [-0.1, -0.05) is 0 Å². The highest BCUT2D eigenvalue weighted by Crippen LogP contribution is 2.26. The maximum atomic E-state index is 11.1. The fourth-order valence-electron chi connectivity index (χ4n) is 2.41. The Morgan fingerprint density at radius 2 is 1.79 bits per heavy atom. The molecule has 2 aromatic rings. The van der Waals surface area contributed by atoms with E-state index in [1.54, 1.807) is 0 Å². The smallest absolute Gasteiger partial charge is 0.336 e. The predicted octanol–water partition coefficient (Wildman–Crippen LogP) is -0.936. The number of fused-ring (bicyclic) bond motifs is 1. The zero-order chi connectivity index (χ0) is 17.4. The number of ether oxygens (including phenoxy) is 2. The summed E-state index contributed by atoms with van der Waals surface area (Å²) in [6, 6.07) is 7.10. The Hall–Kier alpha value is -2.46. The average molecular weight is 338 g/mol. The van der Waals surface area contributed by atoms with Crippen LogP contribution in [0.3, 0.4) is 0 Å². The molecule has 1 aromatic carbocycles. The molecule has 1 fully saturated rings. The first-order valence-corrected chi connectivity index (χ1v) is 7.00. The molecule has 4 N–H and O–H groups in total. The molecule has 0 aliphatic carbocycles. The molecule has 2 heterocycles. The van der Waals surface area contributed by atoms with E-state index in [-0.39, 0.29) is 5.75 Å². The molecule has 9 nitrogen and oxygen atoms in total. The van der Waals surface area contributed by atoms with Gasteiger partial charge in [0.2, 0.25) is 6.29 Å². The number of hydrogen-bond acceptors (Lipinski definition) is 8. The highest BCUT2D eigenvalue weighted by molar-refractivity contribution is 5.77. The van der Waals surface area contributed by atoms with Crippen molar-refractivity contribution in [2.24, 2.45) is 0 Å². The molecule has 1 aliphatic rings. The van der Waals surface area contributed by atoms with Gasteiger partial charge in [-0.2, -0.15) is 0 Å². The summed E-state index contributed by atoms with van der Waals surface area (Å²) in [4.78, 5) is 22.2. The second-order valence-electron chi connectivity index (χ2n) is 5.31. The standard InChI is InChI=1S/C15H14O9/c16-9-4-1-6-5-7(2-3-8(6)23-9)22-15-12(19)10(17)11(18)13(24-15)14(20)21/h1-5,10-13,15,17-19H,(H,20,21)/t10-,11-,12+,13-,15+/m0/s1. The lowest BCUT2D eigenvalue weighted by atomic mass is 9.99. The number of aliphatic hydroxyl groups is 3. The molecule has 0 amide bonds. The molecule has 1 aliphatic heterocycles. The van der Waals surface area contributed by atoms with Crippen LogP contribution in [-0.4, -0.2) is 57.1 Å². The predicted molar refractivity (Wildman–Crippen MR) is 77.4 cm³/mol. The molecule has 0 saturated carbocycles.